The molecule has 2 aromatic carbocycles. The Hall–Kier alpha value is -2.50. The zero-order valence-electron chi connectivity index (χ0n) is 14.4. The van der Waals surface area contributed by atoms with E-state index in [0.717, 1.165) is 6.07 Å². The standard InChI is InChI=1S/C21H17F5O/c1-13(5-8-19(27)15-3-2-4-18(22)10-15)14-6-7-16-11-20(23,24)21(25,26)12-17(16)9-14/h2-4,6-7,9-10H,1,5,8,11-12H2. The molecule has 0 bridgehead atoms. The second-order valence-electron chi connectivity index (χ2n) is 6.78. The van der Waals surface area contributed by atoms with Gasteiger partial charge in [0.15, 0.2) is 5.78 Å². The molecule has 0 amide bonds. The number of benzene rings is 2. The molecule has 1 aliphatic carbocycles. The van der Waals surface area contributed by atoms with Crippen molar-refractivity contribution < 1.29 is 26.7 Å². The average Bonchev–Trinajstić information content (AvgIpc) is 2.59. The highest BCUT2D eigenvalue weighted by Crippen LogP contribution is 2.44. The van der Waals surface area contributed by atoms with Gasteiger partial charge in [-0.2, -0.15) is 17.6 Å². The summed E-state index contributed by atoms with van der Waals surface area (Å²) in [4.78, 5) is 12.1. The van der Waals surface area contributed by atoms with Crippen molar-refractivity contribution in [2.75, 3.05) is 0 Å². The third kappa shape index (κ3) is 3.94. The summed E-state index contributed by atoms with van der Waals surface area (Å²) in [5.41, 5.74) is 1.67. The predicted octanol–water partition coefficient (Wildman–Crippen LogP) is 5.87. The van der Waals surface area contributed by atoms with Crippen LogP contribution in [0.25, 0.3) is 5.57 Å². The van der Waals surface area contributed by atoms with Crippen LogP contribution in [0, 0.1) is 5.82 Å². The topological polar surface area (TPSA) is 17.1 Å². The number of alkyl halides is 4. The maximum Gasteiger partial charge on any atom is 0.314 e. The van der Waals surface area contributed by atoms with E-state index in [1.807, 2.05) is 0 Å². The van der Waals surface area contributed by atoms with Crippen LogP contribution < -0.4 is 0 Å². The highest BCUT2D eigenvalue weighted by atomic mass is 19.3. The van der Waals surface area contributed by atoms with Crippen LogP contribution in [0.5, 0.6) is 0 Å². The number of carbonyl (C=O) groups is 1. The number of fused-ring (bicyclic) bond motifs is 1. The summed E-state index contributed by atoms with van der Waals surface area (Å²) in [5, 5.41) is 0. The van der Waals surface area contributed by atoms with E-state index in [9.17, 15) is 26.7 Å². The zero-order valence-corrected chi connectivity index (χ0v) is 14.4. The van der Waals surface area contributed by atoms with Gasteiger partial charge in [0.05, 0.1) is 0 Å². The van der Waals surface area contributed by atoms with E-state index in [2.05, 4.69) is 6.58 Å². The minimum atomic E-state index is -4.09. The predicted molar refractivity (Wildman–Crippen MR) is 92.7 cm³/mol. The van der Waals surface area contributed by atoms with Crippen LogP contribution >= 0.6 is 0 Å². The summed E-state index contributed by atoms with van der Waals surface area (Å²) in [6.07, 6.45) is -1.70. The fourth-order valence-corrected chi connectivity index (χ4v) is 3.13. The lowest BCUT2D eigenvalue weighted by Crippen LogP contribution is -2.47. The van der Waals surface area contributed by atoms with Gasteiger partial charge in [-0.1, -0.05) is 36.9 Å². The SMILES string of the molecule is C=C(CCC(=O)c1cccc(F)c1)c1ccc2c(c1)CC(F)(F)C(F)(F)C2. The van der Waals surface area contributed by atoms with Crippen LogP contribution in [0.15, 0.2) is 49.0 Å². The molecule has 3 rings (SSSR count). The molecule has 0 radical (unpaired) electrons. The Morgan fingerprint density at radius 2 is 1.56 bits per heavy atom. The Morgan fingerprint density at radius 3 is 2.22 bits per heavy atom. The molecule has 0 aliphatic heterocycles. The van der Waals surface area contributed by atoms with Crippen LogP contribution in [0.1, 0.15) is 39.9 Å². The normalized spacial score (nSPS) is 17.2. The number of ketones is 1. The Labute approximate surface area is 153 Å². The lowest BCUT2D eigenvalue weighted by atomic mass is 9.84. The number of carbonyl (C=O) groups excluding carboxylic acids is 1. The van der Waals surface area contributed by atoms with Crippen LogP contribution in [0.2, 0.25) is 0 Å². The van der Waals surface area contributed by atoms with Crippen molar-refractivity contribution >= 4 is 11.4 Å². The molecule has 0 saturated carbocycles. The molecule has 0 aromatic heterocycles. The molecule has 6 heteroatoms. The molecule has 0 N–H and O–H groups in total. The Bertz CT molecular complexity index is 901. The van der Waals surface area contributed by atoms with Gasteiger partial charge in [0, 0.05) is 24.8 Å². The highest BCUT2D eigenvalue weighted by Gasteiger charge is 2.58. The van der Waals surface area contributed by atoms with Gasteiger partial charge in [-0.05, 0) is 40.8 Å². The average molecular weight is 380 g/mol. The molecule has 0 atom stereocenters. The van der Waals surface area contributed by atoms with E-state index < -0.39 is 30.5 Å². The molecule has 1 nitrogen and oxygen atoms in total. The molecule has 0 unspecified atom stereocenters. The smallest absolute Gasteiger partial charge is 0.294 e. The zero-order chi connectivity index (χ0) is 19.8. The largest absolute Gasteiger partial charge is 0.314 e. The van der Waals surface area contributed by atoms with Gasteiger partial charge in [-0.25, -0.2) is 4.39 Å². The summed E-state index contributed by atoms with van der Waals surface area (Å²) < 4.78 is 67.4. The van der Waals surface area contributed by atoms with E-state index in [1.165, 1.54) is 30.3 Å². The van der Waals surface area contributed by atoms with Gasteiger partial charge in [0.2, 0.25) is 0 Å². The summed E-state index contributed by atoms with van der Waals surface area (Å²) in [6.45, 7) is 3.86. The quantitative estimate of drug-likeness (QED) is 0.468. The number of hydrogen-bond donors (Lipinski definition) is 0. The van der Waals surface area contributed by atoms with E-state index in [1.54, 1.807) is 6.07 Å². The molecule has 27 heavy (non-hydrogen) atoms. The van der Waals surface area contributed by atoms with Gasteiger partial charge < -0.3 is 0 Å². The van der Waals surface area contributed by atoms with E-state index >= 15 is 0 Å². The van der Waals surface area contributed by atoms with Crippen LogP contribution in [-0.4, -0.2) is 17.6 Å². The van der Waals surface area contributed by atoms with Crippen molar-refractivity contribution in [1.82, 2.24) is 0 Å². The summed E-state index contributed by atoms with van der Waals surface area (Å²) in [5.74, 6) is -8.92. The first kappa shape index (κ1) is 19.3. The fourth-order valence-electron chi connectivity index (χ4n) is 3.13. The number of rotatable bonds is 5. The third-order valence-corrected chi connectivity index (χ3v) is 4.78. The molecule has 0 spiro atoms. The number of hydrogen-bond acceptors (Lipinski definition) is 1. The molecular weight excluding hydrogens is 363 g/mol. The van der Waals surface area contributed by atoms with E-state index in [-0.39, 0.29) is 35.3 Å². The number of allylic oxidation sites excluding steroid dienone is 1. The van der Waals surface area contributed by atoms with Crippen LogP contribution in [0.4, 0.5) is 22.0 Å². The minimum absolute atomic E-state index is 0.0770. The van der Waals surface area contributed by atoms with Crippen molar-refractivity contribution in [2.24, 2.45) is 0 Å². The van der Waals surface area contributed by atoms with Crippen molar-refractivity contribution in [3.8, 4) is 0 Å². The first-order valence-electron chi connectivity index (χ1n) is 8.43. The number of Topliss-reactive ketones (excluding diaryl/α,β-unsaturated/α-hetero) is 1. The molecule has 142 valence electrons. The highest BCUT2D eigenvalue weighted by molar-refractivity contribution is 5.96. The second-order valence-corrected chi connectivity index (χ2v) is 6.78. The Morgan fingerprint density at radius 1 is 0.889 bits per heavy atom. The Kier molecular flexibility index (Phi) is 4.93. The molecule has 0 heterocycles. The van der Waals surface area contributed by atoms with Gasteiger partial charge in [0.1, 0.15) is 5.82 Å². The summed E-state index contributed by atoms with van der Waals surface area (Å²) in [6, 6.07) is 9.73. The van der Waals surface area contributed by atoms with Crippen molar-refractivity contribution in [1.29, 1.82) is 0 Å². The van der Waals surface area contributed by atoms with Crippen molar-refractivity contribution in [2.45, 2.75) is 37.5 Å². The first-order chi connectivity index (χ1) is 12.6. The molecule has 0 fully saturated rings. The third-order valence-electron chi connectivity index (χ3n) is 4.78. The van der Waals surface area contributed by atoms with Crippen LogP contribution in [0.3, 0.4) is 0 Å². The second kappa shape index (κ2) is 6.91. The lowest BCUT2D eigenvalue weighted by Gasteiger charge is -2.32. The lowest BCUT2D eigenvalue weighted by molar-refractivity contribution is -0.211. The van der Waals surface area contributed by atoms with Gasteiger partial charge in [-0.15, -0.1) is 0 Å². The molecule has 1 aliphatic rings. The molecule has 0 saturated heterocycles. The van der Waals surface area contributed by atoms with E-state index in [0.29, 0.717) is 11.1 Å². The van der Waals surface area contributed by atoms with Crippen LogP contribution in [-0.2, 0) is 12.8 Å². The van der Waals surface area contributed by atoms with Gasteiger partial charge in [0.25, 0.3) is 0 Å². The summed E-state index contributed by atoms with van der Waals surface area (Å²) >= 11 is 0. The van der Waals surface area contributed by atoms with Gasteiger partial charge in [-0.3, -0.25) is 4.79 Å². The van der Waals surface area contributed by atoms with Crippen molar-refractivity contribution in [3.05, 3.63) is 77.1 Å². The Balaban J connectivity index is 1.71. The fraction of sp³-hybridized carbons (Fsp3) is 0.286. The maximum atomic E-state index is 13.6. The number of halogens is 5. The molecular formula is C21H17F5O. The first-order valence-corrected chi connectivity index (χ1v) is 8.43. The monoisotopic (exact) mass is 380 g/mol. The maximum absolute atomic E-state index is 13.6. The minimum Gasteiger partial charge on any atom is -0.294 e. The van der Waals surface area contributed by atoms with Gasteiger partial charge >= 0.3 is 11.8 Å². The van der Waals surface area contributed by atoms with E-state index in [4.69, 9.17) is 0 Å². The summed E-state index contributed by atoms with van der Waals surface area (Å²) in [7, 11) is 0. The van der Waals surface area contributed by atoms with Crippen molar-refractivity contribution in [3.63, 3.8) is 0 Å². The molecule has 2 aromatic rings.